The molecule has 0 bridgehead atoms. The molecule has 0 atom stereocenters. The van der Waals surface area contributed by atoms with Gasteiger partial charge in [0.05, 0.1) is 23.1 Å². The average molecular weight is 273 g/mol. The Kier molecular flexibility index (Phi) is 4.43. The molecule has 0 aliphatic carbocycles. The molecule has 20 heavy (non-hydrogen) atoms. The highest BCUT2D eigenvalue weighted by Gasteiger charge is 2.09. The fraction of sp³-hybridized carbons (Fsp3) is 0.357. The maximum Gasteiger partial charge on any atom is 0.141 e. The van der Waals surface area contributed by atoms with Crippen LogP contribution in [0.1, 0.15) is 25.1 Å². The summed E-state index contributed by atoms with van der Waals surface area (Å²) < 4.78 is 14.9. The van der Waals surface area contributed by atoms with Gasteiger partial charge in [-0.3, -0.25) is 0 Å². The van der Waals surface area contributed by atoms with E-state index in [-0.39, 0.29) is 5.56 Å². The zero-order valence-corrected chi connectivity index (χ0v) is 11.5. The molecular weight excluding hydrogens is 257 g/mol. The number of nitrogens with zero attached hydrogens (tertiary/aromatic N) is 4. The molecule has 0 unspecified atom stereocenters. The van der Waals surface area contributed by atoms with Gasteiger partial charge in [0, 0.05) is 6.54 Å². The molecule has 0 aliphatic rings. The van der Waals surface area contributed by atoms with E-state index in [1.54, 1.807) is 16.9 Å². The smallest absolute Gasteiger partial charge is 0.141 e. The largest absolute Gasteiger partial charge is 0.311 e. The number of nitriles is 1. The first-order valence-corrected chi connectivity index (χ1v) is 6.42. The van der Waals surface area contributed by atoms with Gasteiger partial charge in [-0.1, -0.05) is 19.1 Å². The van der Waals surface area contributed by atoms with E-state index in [9.17, 15) is 4.39 Å². The van der Waals surface area contributed by atoms with E-state index < -0.39 is 5.82 Å². The van der Waals surface area contributed by atoms with E-state index in [0.29, 0.717) is 18.2 Å². The predicted molar refractivity (Wildman–Crippen MR) is 72.6 cm³/mol. The fourth-order valence-electron chi connectivity index (χ4n) is 1.81. The van der Waals surface area contributed by atoms with Crippen molar-refractivity contribution in [1.82, 2.24) is 20.3 Å². The van der Waals surface area contributed by atoms with Gasteiger partial charge < -0.3 is 5.32 Å². The third kappa shape index (κ3) is 3.19. The van der Waals surface area contributed by atoms with Crippen molar-refractivity contribution >= 4 is 0 Å². The van der Waals surface area contributed by atoms with Crippen LogP contribution in [-0.4, -0.2) is 21.5 Å². The van der Waals surface area contributed by atoms with Crippen molar-refractivity contribution in [2.75, 3.05) is 6.54 Å². The number of benzene rings is 1. The minimum atomic E-state index is -0.532. The zero-order chi connectivity index (χ0) is 14.5. The lowest BCUT2D eigenvalue weighted by atomic mass is 10.2. The highest BCUT2D eigenvalue weighted by Crippen LogP contribution is 2.14. The molecule has 1 N–H and O–H groups in total. The standard InChI is InChI=1S/C14H16FN5/c1-10(2)7-17-8-13-9-18-19-20(13)12-3-4-14(15)11(5-12)6-16/h3-5,9-10,17H,7-8H2,1-2H3. The van der Waals surface area contributed by atoms with Gasteiger partial charge in [-0.05, 0) is 30.7 Å². The maximum atomic E-state index is 13.3. The van der Waals surface area contributed by atoms with Gasteiger partial charge in [-0.2, -0.15) is 5.26 Å². The third-order valence-corrected chi connectivity index (χ3v) is 2.79. The fourth-order valence-corrected chi connectivity index (χ4v) is 1.81. The lowest BCUT2D eigenvalue weighted by Crippen LogP contribution is -2.20. The molecular formula is C14H16FN5. The summed E-state index contributed by atoms with van der Waals surface area (Å²) in [6.07, 6.45) is 1.66. The van der Waals surface area contributed by atoms with Gasteiger partial charge in [-0.25, -0.2) is 9.07 Å². The quantitative estimate of drug-likeness (QED) is 0.905. The second kappa shape index (κ2) is 6.26. The minimum Gasteiger partial charge on any atom is -0.311 e. The summed E-state index contributed by atoms with van der Waals surface area (Å²) in [5, 5.41) is 20.0. The molecule has 1 aromatic heterocycles. The summed E-state index contributed by atoms with van der Waals surface area (Å²) in [5.74, 6) is 0.0196. The molecule has 104 valence electrons. The van der Waals surface area contributed by atoms with E-state index in [4.69, 9.17) is 5.26 Å². The first-order valence-electron chi connectivity index (χ1n) is 6.42. The van der Waals surface area contributed by atoms with E-state index in [2.05, 4.69) is 29.5 Å². The van der Waals surface area contributed by atoms with Gasteiger partial charge in [0.2, 0.25) is 0 Å². The van der Waals surface area contributed by atoms with Crippen LogP contribution >= 0.6 is 0 Å². The number of halogens is 1. The van der Waals surface area contributed by atoms with Crippen LogP contribution in [0.25, 0.3) is 5.69 Å². The Balaban J connectivity index is 2.21. The monoisotopic (exact) mass is 273 g/mol. The molecule has 6 heteroatoms. The highest BCUT2D eigenvalue weighted by molar-refractivity contribution is 5.42. The number of hydrogen-bond donors (Lipinski definition) is 1. The van der Waals surface area contributed by atoms with Crippen LogP contribution in [0.3, 0.4) is 0 Å². The van der Waals surface area contributed by atoms with Crippen LogP contribution < -0.4 is 5.32 Å². The van der Waals surface area contributed by atoms with Crippen LogP contribution in [0, 0.1) is 23.1 Å². The summed E-state index contributed by atoms with van der Waals surface area (Å²) in [6, 6.07) is 6.14. The Bertz CT molecular complexity index is 627. The van der Waals surface area contributed by atoms with E-state index in [1.165, 1.54) is 12.1 Å². The molecule has 0 amide bonds. The second-order valence-corrected chi connectivity index (χ2v) is 4.94. The van der Waals surface area contributed by atoms with Crippen molar-refractivity contribution in [3.63, 3.8) is 0 Å². The number of nitrogens with one attached hydrogen (secondary N) is 1. The van der Waals surface area contributed by atoms with E-state index >= 15 is 0 Å². The Labute approximate surface area is 117 Å². The van der Waals surface area contributed by atoms with Crippen LogP contribution in [0.4, 0.5) is 4.39 Å². The van der Waals surface area contributed by atoms with Gasteiger partial charge in [0.25, 0.3) is 0 Å². The zero-order valence-electron chi connectivity index (χ0n) is 11.5. The average Bonchev–Trinajstić information content (AvgIpc) is 2.87. The van der Waals surface area contributed by atoms with E-state index in [1.807, 2.05) is 6.07 Å². The predicted octanol–water partition coefficient (Wildman–Crippen LogP) is 2.02. The highest BCUT2D eigenvalue weighted by atomic mass is 19.1. The second-order valence-electron chi connectivity index (χ2n) is 4.94. The molecule has 0 spiro atoms. The van der Waals surface area contributed by atoms with Crippen molar-refractivity contribution in [2.24, 2.45) is 5.92 Å². The summed E-state index contributed by atoms with van der Waals surface area (Å²) in [7, 11) is 0. The van der Waals surface area contributed by atoms with Gasteiger partial charge in [0.1, 0.15) is 11.9 Å². The molecule has 5 nitrogen and oxygen atoms in total. The first kappa shape index (κ1) is 14.2. The third-order valence-electron chi connectivity index (χ3n) is 2.79. The molecule has 0 aliphatic heterocycles. The Morgan fingerprint density at radius 3 is 2.95 bits per heavy atom. The van der Waals surface area contributed by atoms with Crippen molar-refractivity contribution in [3.8, 4) is 11.8 Å². The van der Waals surface area contributed by atoms with Crippen molar-refractivity contribution < 1.29 is 4.39 Å². The normalized spacial score (nSPS) is 10.8. The molecule has 0 fully saturated rings. The Hall–Kier alpha value is -2.26. The topological polar surface area (TPSA) is 66.5 Å². The van der Waals surface area contributed by atoms with Crippen LogP contribution in [0.15, 0.2) is 24.4 Å². The molecule has 1 heterocycles. The van der Waals surface area contributed by atoms with Gasteiger partial charge >= 0.3 is 0 Å². The maximum absolute atomic E-state index is 13.3. The molecule has 1 aromatic carbocycles. The summed E-state index contributed by atoms with van der Waals surface area (Å²) >= 11 is 0. The molecule has 2 aromatic rings. The van der Waals surface area contributed by atoms with Crippen LogP contribution in [0.5, 0.6) is 0 Å². The lowest BCUT2D eigenvalue weighted by Gasteiger charge is -2.09. The Morgan fingerprint density at radius 2 is 2.25 bits per heavy atom. The molecule has 0 saturated carbocycles. The number of hydrogen-bond acceptors (Lipinski definition) is 4. The minimum absolute atomic E-state index is 0.000843. The summed E-state index contributed by atoms with van der Waals surface area (Å²) in [6.45, 7) is 5.76. The van der Waals surface area contributed by atoms with Crippen LogP contribution in [0.2, 0.25) is 0 Å². The number of aromatic nitrogens is 3. The van der Waals surface area contributed by atoms with E-state index in [0.717, 1.165) is 12.2 Å². The number of rotatable bonds is 5. The van der Waals surface area contributed by atoms with Crippen molar-refractivity contribution in [1.29, 1.82) is 5.26 Å². The van der Waals surface area contributed by atoms with Gasteiger partial charge in [0.15, 0.2) is 0 Å². The Morgan fingerprint density at radius 1 is 1.45 bits per heavy atom. The lowest BCUT2D eigenvalue weighted by molar-refractivity contribution is 0.542. The van der Waals surface area contributed by atoms with Crippen LogP contribution in [-0.2, 0) is 6.54 Å². The van der Waals surface area contributed by atoms with Crippen molar-refractivity contribution in [3.05, 3.63) is 41.5 Å². The SMILES string of the molecule is CC(C)CNCc1cnnn1-c1ccc(F)c(C#N)c1. The summed E-state index contributed by atoms with van der Waals surface area (Å²) in [5.41, 5.74) is 1.49. The molecule has 0 saturated heterocycles. The summed E-state index contributed by atoms with van der Waals surface area (Å²) in [4.78, 5) is 0. The first-order chi connectivity index (χ1) is 9.61. The van der Waals surface area contributed by atoms with Crippen molar-refractivity contribution in [2.45, 2.75) is 20.4 Å². The molecule has 2 rings (SSSR count). The van der Waals surface area contributed by atoms with Gasteiger partial charge in [-0.15, -0.1) is 5.10 Å². The molecule has 0 radical (unpaired) electrons.